The van der Waals surface area contributed by atoms with E-state index in [1.54, 1.807) is 11.2 Å². The molecule has 0 saturated carbocycles. The first kappa shape index (κ1) is 34.1. The number of aliphatic carboxylic acids is 1. The van der Waals surface area contributed by atoms with Crippen LogP contribution in [0.1, 0.15) is 35.2 Å². The number of carbonyl (C=O) groups is 3. The van der Waals surface area contributed by atoms with Crippen molar-refractivity contribution < 1.29 is 24.2 Å². The smallest absolute Gasteiger partial charge is 0.328 e. The van der Waals surface area contributed by atoms with Crippen molar-refractivity contribution in [3.63, 3.8) is 0 Å². The molecular formula is C40H41N5O5. The second kappa shape index (κ2) is 15.7. The number of carboxylic acid groups (broad SMARTS) is 1. The van der Waals surface area contributed by atoms with Crippen LogP contribution in [0.5, 0.6) is 0 Å². The van der Waals surface area contributed by atoms with Crippen LogP contribution in [0.3, 0.4) is 0 Å². The van der Waals surface area contributed by atoms with Crippen LogP contribution in [-0.2, 0) is 37.5 Å². The highest BCUT2D eigenvalue weighted by Gasteiger charge is 2.40. The summed E-state index contributed by atoms with van der Waals surface area (Å²) in [5, 5.41) is 13.4. The molecule has 1 amide bonds. The van der Waals surface area contributed by atoms with Gasteiger partial charge >= 0.3 is 11.9 Å². The zero-order valence-electron chi connectivity index (χ0n) is 28.0. The summed E-state index contributed by atoms with van der Waals surface area (Å²) < 4.78 is 7.17. The van der Waals surface area contributed by atoms with Crippen molar-refractivity contribution in [2.75, 3.05) is 26.7 Å². The molecule has 0 aliphatic heterocycles. The molecule has 1 aliphatic rings. The van der Waals surface area contributed by atoms with Crippen LogP contribution < -0.4 is 5.32 Å². The van der Waals surface area contributed by atoms with Gasteiger partial charge in [0.2, 0.25) is 5.91 Å². The van der Waals surface area contributed by atoms with E-state index in [0.29, 0.717) is 18.7 Å². The fourth-order valence-electron chi connectivity index (χ4n) is 6.93. The fourth-order valence-corrected chi connectivity index (χ4v) is 6.93. The highest BCUT2D eigenvalue weighted by Crippen LogP contribution is 2.43. The van der Waals surface area contributed by atoms with Gasteiger partial charge in [-0.25, -0.2) is 9.78 Å². The number of imidazole rings is 1. The van der Waals surface area contributed by atoms with E-state index in [9.17, 15) is 19.5 Å². The number of carboxylic acids is 1. The number of H-pyrrole nitrogens is 1. The highest BCUT2D eigenvalue weighted by atomic mass is 16.5. The number of rotatable bonds is 15. The first-order valence-electron chi connectivity index (χ1n) is 16.8. The number of nitrogens with one attached hydrogen (secondary N) is 2. The summed E-state index contributed by atoms with van der Waals surface area (Å²) in [5.74, 6) is -2.15. The van der Waals surface area contributed by atoms with Gasteiger partial charge in [-0.15, -0.1) is 0 Å². The molecule has 10 nitrogen and oxygen atoms in total. The van der Waals surface area contributed by atoms with Crippen molar-refractivity contribution in [2.24, 2.45) is 0 Å². The number of methoxy groups -OCH3 is 1. The molecule has 6 rings (SSSR count). The van der Waals surface area contributed by atoms with Crippen LogP contribution in [-0.4, -0.2) is 75.2 Å². The lowest BCUT2D eigenvalue weighted by Gasteiger charge is -2.39. The lowest BCUT2D eigenvalue weighted by atomic mass is 9.73. The van der Waals surface area contributed by atoms with E-state index in [-0.39, 0.29) is 19.5 Å². The van der Waals surface area contributed by atoms with Gasteiger partial charge < -0.3 is 24.7 Å². The minimum Gasteiger partial charge on any atom is -0.480 e. The zero-order valence-corrected chi connectivity index (χ0v) is 28.0. The predicted molar refractivity (Wildman–Crippen MR) is 191 cm³/mol. The largest absolute Gasteiger partial charge is 0.480 e. The molecule has 1 aliphatic carbocycles. The molecule has 256 valence electrons. The Morgan fingerprint density at radius 2 is 1.70 bits per heavy atom. The third kappa shape index (κ3) is 7.45. The van der Waals surface area contributed by atoms with Gasteiger partial charge in [0, 0.05) is 36.3 Å². The molecule has 1 unspecified atom stereocenters. The van der Waals surface area contributed by atoms with Gasteiger partial charge in [-0.1, -0.05) is 97.1 Å². The van der Waals surface area contributed by atoms with E-state index in [2.05, 4.69) is 57.4 Å². The Kier molecular flexibility index (Phi) is 10.7. The van der Waals surface area contributed by atoms with E-state index in [4.69, 9.17) is 9.72 Å². The van der Waals surface area contributed by atoms with Crippen molar-refractivity contribution in [1.29, 1.82) is 0 Å². The molecule has 10 heteroatoms. The number of allylic oxidation sites excluding steroid dienone is 4. The molecule has 0 saturated heterocycles. The predicted octanol–water partition coefficient (Wildman–Crippen LogP) is 5.26. The van der Waals surface area contributed by atoms with Gasteiger partial charge in [0.25, 0.3) is 0 Å². The number of ether oxygens (including phenoxy) is 1. The number of nitrogens with zero attached hydrogens (tertiary/aromatic N) is 3. The van der Waals surface area contributed by atoms with Crippen LogP contribution >= 0.6 is 0 Å². The topological polar surface area (TPSA) is 130 Å². The number of para-hydroxylation sites is 1. The Balaban J connectivity index is 1.24. The number of aromatic nitrogens is 3. The molecule has 0 spiro atoms. The second-order valence-corrected chi connectivity index (χ2v) is 12.4. The monoisotopic (exact) mass is 671 g/mol. The summed E-state index contributed by atoms with van der Waals surface area (Å²) in [5.41, 5.74) is 5.24. The fraction of sp³-hybridized carbons (Fsp3) is 0.250. The highest BCUT2D eigenvalue weighted by molar-refractivity contribution is 5.86. The third-order valence-corrected chi connectivity index (χ3v) is 9.22. The molecule has 2 heterocycles. The van der Waals surface area contributed by atoms with Crippen molar-refractivity contribution in [3.8, 4) is 0 Å². The van der Waals surface area contributed by atoms with E-state index >= 15 is 0 Å². The number of amides is 1. The lowest BCUT2D eigenvalue weighted by molar-refractivity contribution is -0.145. The number of carbonyl (C=O) groups excluding carboxylic acids is 2. The number of esters is 1. The summed E-state index contributed by atoms with van der Waals surface area (Å²) in [4.78, 5) is 47.6. The molecule has 5 aromatic rings. The van der Waals surface area contributed by atoms with E-state index in [1.807, 2.05) is 73.1 Å². The minimum atomic E-state index is -1.05. The maximum atomic E-state index is 13.4. The van der Waals surface area contributed by atoms with Crippen molar-refractivity contribution in [1.82, 2.24) is 24.8 Å². The molecule has 3 N–H and O–H groups in total. The first-order chi connectivity index (χ1) is 24.4. The molecule has 0 fully saturated rings. The summed E-state index contributed by atoms with van der Waals surface area (Å²) in [7, 11) is 1.27. The molecule has 3 aromatic carbocycles. The molecule has 0 radical (unpaired) electrons. The molecule has 50 heavy (non-hydrogen) atoms. The standard InChI is InChI=1S/C40H41N5O5/c1-50-39(49)36(43-37(46)26-44(27-38(47)48)22-21-29-24-41-35-20-12-11-19-34(29)35)23-33-25-45(28-42-33)40(30-13-5-2-6-14-30,31-15-7-3-8-16-31)32-17-9-4-10-18-32/h2-9,11-17,19-20,24-25,28,36,41H,10,18,21-23,26-27H2,1H3,(H,43,46)(H,47,48). The summed E-state index contributed by atoms with van der Waals surface area (Å²) >= 11 is 0. The van der Waals surface area contributed by atoms with Gasteiger partial charge in [-0.2, -0.15) is 0 Å². The molecule has 1 atom stereocenters. The maximum Gasteiger partial charge on any atom is 0.328 e. The average Bonchev–Trinajstić information content (AvgIpc) is 3.79. The Hall–Kier alpha value is -5.74. The maximum absolute atomic E-state index is 13.4. The van der Waals surface area contributed by atoms with Crippen LogP contribution in [0, 0.1) is 0 Å². The van der Waals surface area contributed by atoms with Crippen molar-refractivity contribution >= 4 is 28.7 Å². The average molecular weight is 672 g/mol. The second-order valence-electron chi connectivity index (χ2n) is 12.4. The Morgan fingerprint density at radius 1 is 1.00 bits per heavy atom. The first-order valence-corrected chi connectivity index (χ1v) is 16.8. The normalized spacial score (nSPS) is 13.6. The minimum absolute atomic E-state index is 0.0816. The van der Waals surface area contributed by atoms with Gasteiger partial charge in [0.1, 0.15) is 11.6 Å². The SMILES string of the molecule is COC(=O)C(Cc1cn(C(C2=CC=CCC2)(c2ccccc2)c2ccccc2)cn1)NC(=O)CN(CCc1c[nH]c2ccccc12)CC(=O)O. The van der Waals surface area contributed by atoms with Gasteiger partial charge in [-0.05, 0) is 47.6 Å². The Labute approximate surface area is 291 Å². The van der Waals surface area contributed by atoms with Gasteiger partial charge in [0.05, 0.1) is 32.2 Å². The van der Waals surface area contributed by atoms with Crippen molar-refractivity contribution in [3.05, 3.63) is 150 Å². The number of fused-ring (bicyclic) bond motifs is 1. The van der Waals surface area contributed by atoms with E-state index < -0.39 is 29.4 Å². The van der Waals surface area contributed by atoms with Crippen LogP contribution in [0.25, 0.3) is 10.9 Å². The molecule has 0 bridgehead atoms. The quantitative estimate of drug-likeness (QED) is 0.130. The summed E-state index contributed by atoms with van der Waals surface area (Å²) in [6, 6.07) is 27.4. The number of aromatic amines is 1. The lowest BCUT2D eigenvalue weighted by Crippen LogP contribution is -2.48. The molecular weight excluding hydrogens is 630 g/mol. The van der Waals surface area contributed by atoms with Gasteiger partial charge in [-0.3, -0.25) is 14.5 Å². The van der Waals surface area contributed by atoms with Crippen LogP contribution in [0.15, 0.2) is 127 Å². The third-order valence-electron chi connectivity index (χ3n) is 9.22. The number of benzene rings is 3. The number of hydrogen-bond acceptors (Lipinski definition) is 6. The summed E-state index contributed by atoms with van der Waals surface area (Å²) in [6.45, 7) is -0.195. The van der Waals surface area contributed by atoms with Crippen molar-refractivity contribution in [2.45, 2.75) is 37.3 Å². The molecule has 2 aromatic heterocycles. The summed E-state index contributed by atoms with van der Waals surface area (Å²) in [6.07, 6.45) is 14.4. The Morgan fingerprint density at radius 3 is 2.36 bits per heavy atom. The van der Waals surface area contributed by atoms with E-state index in [1.165, 1.54) is 12.7 Å². The van der Waals surface area contributed by atoms with Crippen LogP contribution in [0.2, 0.25) is 0 Å². The Bertz CT molecular complexity index is 1960. The van der Waals surface area contributed by atoms with E-state index in [0.717, 1.165) is 40.4 Å². The zero-order chi connectivity index (χ0) is 34.9. The number of hydrogen-bond donors (Lipinski definition) is 3. The van der Waals surface area contributed by atoms with Gasteiger partial charge in [0.15, 0.2) is 0 Å². The van der Waals surface area contributed by atoms with Crippen LogP contribution in [0.4, 0.5) is 0 Å².